The van der Waals surface area contributed by atoms with Crippen LogP contribution in [0.1, 0.15) is 37.1 Å². The molecule has 23 heavy (non-hydrogen) atoms. The Balaban J connectivity index is 2.00. The molecule has 2 atom stereocenters. The summed E-state index contributed by atoms with van der Waals surface area (Å²) >= 11 is 0. The number of carbonyl (C=O) groups excluding carboxylic acids is 2. The summed E-state index contributed by atoms with van der Waals surface area (Å²) in [7, 11) is 1.65. The maximum atomic E-state index is 12.3. The van der Waals surface area contributed by atoms with Crippen molar-refractivity contribution in [2.75, 3.05) is 7.05 Å². The van der Waals surface area contributed by atoms with Gasteiger partial charge in [0, 0.05) is 7.05 Å². The average molecular weight is 310 g/mol. The third kappa shape index (κ3) is 4.19. The lowest BCUT2D eigenvalue weighted by molar-refractivity contribution is -0.146. The van der Waals surface area contributed by atoms with Crippen molar-refractivity contribution < 1.29 is 9.59 Å². The monoisotopic (exact) mass is 310 g/mol. The number of likely N-dealkylation sites (N-methyl/N-ethyl adjacent to an activating group) is 1. The Bertz CT molecular complexity index is 656. The van der Waals surface area contributed by atoms with Gasteiger partial charge in [-0.15, -0.1) is 0 Å². The van der Waals surface area contributed by atoms with E-state index in [1.807, 2.05) is 74.5 Å². The van der Waals surface area contributed by atoms with Gasteiger partial charge >= 0.3 is 11.8 Å². The van der Waals surface area contributed by atoms with Crippen molar-refractivity contribution >= 4 is 11.8 Å². The lowest BCUT2D eigenvalue weighted by atomic mass is 10.1. The molecule has 0 saturated carbocycles. The number of carbonyl (C=O) groups is 2. The van der Waals surface area contributed by atoms with Crippen molar-refractivity contribution in [2.24, 2.45) is 0 Å². The van der Waals surface area contributed by atoms with Crippen LogP contribution in [0.4, 0.5) is 0 Å². The molecular weight excluding hydrogens is 288 g/mol. The van der Waals surface area contributed by atoms with Crippen molar-refractivity contribution in [1.82, 2.24) is 10.2 Å². The van der Waals surface area contributed by atoms with E-state index in [0.29, 0.717) is 0 Å². The Morgan fingerprint density at radius 3 is 1.87 bits per heavy atom. The lowest BCUT2D eigenvalue weighted by Gasteiger charge is -2.25. The second-order valence-corrected chi connectivity index (χ2v) is 5.61. The topological polar surface area (TPSA) is 49.4 Å². The van der Waals surface area contributed by atoms with Gasteiger partial charge in [0.15, 0.2) is 0 Å². The van der Waals surface area contributed by atoms with Gasteiger partial charge in [0.1, 0.15) is 0 Å². The standard InChI is InChI=1S/C19H22N2O2/c1-14(16-10-6-4-7-11-16)20-18(22)19(23)21(3)15(2)17-12-8-5-9-13-17/h4-15H,1-3H3,(H,20,22). The first kappa shape index (κ1) is 16.7. The van der Waals surface area contributed by atoms with Gasteiger partial charge in [-0.2, -0.15) is 0 Å². The highest BCUT2D eigenvalue weighted by Crippen LogP contribution is 2.18. The van der Waals surface area contributed by atoms with Crippen LogP contribution in [-0.2, 0) is 9.59 Å². The molecule has 0 aliphatic rings. The zero-order valence-corrected chi connectivity index (χ0v) is 13.7. The van der Waals surface area contributed by atoms with E-state index in [1.54, 1.807) is 7.05 Å². The Labute approximate surface area is 137 Å². The molecule has 0 spiro atoms. The van der Waals surface area contributed by atoms with Gasteiger partial charge in [-0.3, -0.25) is 9.59 Å². The fourth-order valence-corrected chi connectivity index (χ4v) is 2.37. The summed E-state index contributed by atoms with van der Waals surface area (Å²) in [5.41, 5.74) is 1.96. The quantitative estimate of drug-likeness (QED) is 0.882. The molecule has 2 aromatic carbocycles. The molecule has 2 unspecified atom stereocenters. The second-order valence-electron chi connectivity index (χ2n) is 5.61. The lowest BCUT2D eigenvalue weighted by Crippen LogP contribution is -2.42. The Morgan fingerprint density at radius 2 is 1.35 bits per heavy atom. The minimum atomic E-state index is -0.591. The van der Waals surface area contributed by atoms with Crippen LogP contribution in [0.3, 0.4) is 0 Å². The van der Waals surface area contributed by atoms with Crippen LogP contribution >= 0.6 is 0 Å². The third-order valence-corrected chi connectivity index (χ3v) is 4.02. The van der Waals surface area contributed by atoms with Crippen LogP contribution in [0.2, 0.25) is 0 Å². The molecule has 4 nitrogen and oxygen atoms in total. The maximum Gasteiger partial charge on any atom is 0.312 e. The van der Waals surface area contributed by atoms with E-state index >= 15 is 0 Å². The maximum absolute atomic E-state index is 12.3. The van der Waals surface area contributed by atoms with Crippen LogP contribution in [0.25, 0.3) is 0 Å². The number of benzene rings is 2. The molecule has 2 aromatic rings. The number of amides is 2. The summed E-state index contributed by atoms with van der Waals surface area (Å²) in [6.45, 7) is 3.77. The van der Waals surface area contributed by atoms with E-state index in [-0.39, 0.29) is 12.1 Å². The molecule has 2 rings (SSSR count). The number of hydrogen-bond acceptors (Lipinski definition) is 2. The van der Waals surface area contributed by atoms with Crippen LogP contribution < -0.4 is 5.32 Å². The van der Waals surface area contributed by atoms with E-state index in [9.17, 15) is 9.59 Å². The normalized spacial score (nSPS) is 13.0. The van der Waals surface area contributed by atoms with Gasteiger partial charge in [0.05, 0.1) is 12.1 Å². The number of nitrogens with one attached hydrogen (secondary N) is 1. The minimum absolute atomic E-state index is 0.165. The fraction of sp³-hybridized carbons (Fsp3) is 0.263. The van der Waals surface area contributed by atoms with Gasteiger partial charge in [-0.05, 0) is 25.0 Å². The van der Waals surface area contributed by atoms with Crippen molar-refractivity contribution in [2.45, 2.75) is 25.9 Å². The summed E-state index contributed by atoms with van der Waals surface area (Å²) in [6.07, 6.45) is 0. The molecule has 120 valence electrons. The Hall–Kier alpha value is -2.62. The van der Waals surface area contributed by atoms with Crippen LogP contribution in [0, 0.1) is 0 Å². The average Bonchev–Trinajstić information content (AvgIpc) is 2.61. The van der Waals surface area contributed by atoms with E-state index in [0.717, 1.165) is 11.1 Å². The fourth-order valence-electron chi connectivity index (χ4n) is 2.37. The predicted octanol–water partition coefficient (Wildman–Crippen LogP) is 3.08. The molecular formula is C19H22N2O2. The van der Waals surface area contributed by atoms with Crippen molar-refractivity contribution in [3.05, 3.63) is 71.8 Å². The molecule has 2 amide bonds. The van der Waals surface area contributed by atoms with Gasteiger partial charge in [-0.1, -0.05) is 60.7 Å². The molecule has 0 aliphatic carbocycles. The van der Waals surface area contributed by atoms with Crippen molar-refractivity contribution in [3.8, 4) is 0 Å². The molecule has 0 radical (unpaired) electrons. The van der Waals surface area contributed by atoms with Crippen molar-refractivity contribution in [3.63, 3.8) is 0 Å². The Kier molecular flexibility index (Phi) is 5.52. The Morgan fingerprint density at radius 1 is 0.870 bits per heavy atom. The van der Waals surface area contributed by atoms with E-state index in [1.165, 1.54) is 4.90 Å². The molecule has 0 bridgehead atoms. The first-order valence-corrected chi connectivity index (χ1v) is 7.68. The minimum Gasteiger partial charge on any atom is -0.341 e. The summed E-state index contributed by atoms with van der Waals surface area (Å²) in [5.74, 6) is -1.13. The third-order valence-electron chi connectivity index (χ3n) is 4.02. The highest BCUT2D eigenvalue weighted by atomic mass is 16.2. The van der Waals surface area contributed by atoms with Gasteiger partial charge in [-0.25, -0.2) is 0 Å². The highest BCUT2D eigenvalue weighted by Gasteiger charge is 2.24. The first-order chi connectivity index (χ1) is 11.0. The summed E-state index contributed by atoms with van der Waals surface area (Å²) < 4.78 is 0. The SMILES string of the molecule is CC(NC(=O)C(=O)N(C)C(C)c1ccccc1)c1ccccc1. The van der Waals surface area contributed by atoms with Crippen LogP contribution in [-0.4, -0.2) is 23.8 Å². The zero-order valence-electron chi connectivity index (χ0n) is 13.7. The highest BCUT2D eigenvalue weighted by molar-refractivity contribution is 6.35. The van der Waals surface area contributed by atoms with Crippen LogP contribution in [0.15, 0.2) is 60.7 Å². The van der Waals surface area contributed by atoms with Gasteiger partial charge in [0.25, 0.3) is 0 Å². The molecule has 0 aliphatic heterocycles. The summed E-state index contributed by atoms with van der Waals surface area (Å²) in [5, 5.41) is 2.75. The molecule has 0 aromatic heterocycles. The van der Waals surface area contributed by atoms with E-state index < -0.39 is 11.8 Å². The molecule has 4 heteroatoms. The molecule has 0 fully saturated rings. The smallest absolute Gasteiger partial charge is 0.312 e. The van der Waals surface area contributed by atoms with E-state index in [4.69, 9.17) is 0 Å². The molecule has 0 heterocycles. The van der Waals surface area contributed by atoms with Crippen LogP contribution in [0.5, 0.6) is 0 Å². The number of rotatable bonds is 4. The predicted molar refractivity (Wildman–Crippen MR) is 90.6 cm³/mol. The van der Waals surface area contributed by atoms with Gasteiger partial charge in [0.2, 0.25) is 0 Å². The second kappa shape index (κ2) is 7.58. The number of nitrogens with zero attached hydrogens (tertiary/aromatic N) is 1. The summed E-state index contributed by atoms with van der Waals surface area (Å²) in [4.78, 5) is 26.0. The largest absolute Gasteiger partial charge is 0.341 e. The van der Waals surface area contributed by atoms with Gasteiger partial charge < -0.3 is 10.2 Å². The zero-order chi connectivity index (χ0) is 16.8. The first-order valence-electron chi connectivity index (χ1n) is 7.68. The van der Waals surface area contributed by atoms with E-state index in [2.05, 4.69) is 5.32 Å². The molecule has 0 saturated heterocycles. The van der Waals surface area contributed by atoms with Crippen molar-refractivity contribution in [1.29, 1.82) is 0 Å². The number of hydrogen-bond donors (Lipinski definition) is 1. The summed E-state index contributed by atoms with van der Waals surface area (Å²) in [6, 6.07) is 18.8. The molecule has 1 N–H and O–H groups in total.